The largest absolute Gasteiger partial charge is 0.493 e. The first-order valence-electron chi connectivity index (χ1n) is 9.80. The number of halogens is 1. The molecular weight excluding hydrogens is 462 g/mol. The summed E-state index contributed by atoms with van der Waals surface area (Å²) in [6.07, 6.45) is 1.62. The van der Waals surface area contributed by atoms with Crippen LogP contribution in [0.4, 0.5) is 5.69 Å². The predicted molar refractivity (Wildman–Crippen MR) is 130 cm³/mol. The molecule has 0 aliphatic heterocycles. The first-order valence-corrected chi connectivity index (χ1v) is 11.0. The number of hydrogen-bond donors (Lipinski definition) is 0. The van der Waals surface area contributed by atoms with Crippen LogP contribution < -0.4 is 9.47 Å². The lowest BCUT2D eigenvalue weighted by molar-refractivity contribution is 0.0600. The van der Waals surface area contributed by atoms with E-state index in [9.17, 15) is 9.59 Å². The van der Waals surface area contributed by atoms with Crippen molar-refractivity contribution in [3.8, 4) is 11.5 Å². The van der Waals surface area contributed by atoms with Gasteiger partial charge in [0.25, 0.3) is 0 Å². The summed E-state index contributed by atoms with van der Waals surface area (Å²) in [6.45, 7) is 0. The lowest BCUT2D eigenvalue weighted by atomic mass is 10.2. The minimum Gasteiger partial charge on any atom is -0.493 e. The van der Waals surface area contributed by atoms with Crippen molar-refractivity contribution in [2.45, 2.75) is 0 Å². The van der Waals surface area contributed by atoms with Crippen LogP contribution in [0.25, 0.3) is 10.1 Å². The number of hydrogen-bond acceptors (Lipinski definition) is 7. The van der Waals surface area contributed by atoms with Gasteiger partial charge in [0.1, 0.15) is 4.88 Å². The molecule has 0 unspecified atom stereocenters. The SMILES string of the molecule is COC(=O)c1cccc(N=Cc2ccc(OC(=O)c3sc4ccccc4c3Cl)c(OC)c2)c1. The van der Waals surface area contributed by atoms with Crippen molar-refractivity contribution >= 4 is 56.9 Å². The molecule has 0 N–H and O–H groups in total. The maximum Gasteiger partial charge on any atom is 0.355 e. The molecule has 0 atom stereocenters. The van der Waals surface area contributed by atoms with Crippen LogP contribution in [0.2, 0.25) is 5.02 Å². The summed E-state index contributed by atoms with van der Waals surface area (Å²) in [5.74, 6) is -0.354. The van der Waals surface area contributed by atoms with E-state index >= 15 is 0 Å². The number of nitrogens with zero attached hydrogens (tertiary/aromatic N) is 1. The fourth-order valence-electron chi connectivity index (χ4n) is 3.12. The maximum absolute atomic E-state index is 12.8. The van der Waals surface area contributed by atoms with Gasteiger partial charge in [-0.25, -0.2) is 9.59 Å². The van der Waals surface area contributed by atoms with Crippen LogP contribution in [0.1, 0.15) is 25.6 Å². The van der Waals surface area contributed by atoms with Gasteiger partial charge in [0, 0.05) is 16.3 Å². The van der Waals surface area contributed by atoms with Crippen LogP contribution in [-0.4, -0.2) is 32.4 Å². The molecule has 0 saturated heterocycles. The summed E-state index contributed by atoms with van der Waals surface area (Å²) in [6, 6.07) is 19.4. The van der Waals surface area contributed by atoms with E-state index in [4.69, 9.17) is 25.8 Å². The lowest BCUT2D eigenvalue weighted by Crippen LogP contribution is -2.08. The van der Waals surface area contributed by atoms with Crippen LogP contribution in [0, 0.1) is 0 Å². The van der Waals surface area contributed by atoms with Crippen LogP contribution >= 0.6 is 22.9 Å². The number of fused-ring (bicyclic) bond motifs is 1. The van der Waals surface area contributed by atoms with Gasteiger partial charge in [0.15, 0.2) is 11.5 Å². The number of methoxy groups -OCH3 is 2. The average molecular weight is 480 g/mol. The molecule has 6 nitrogen and oxygen atoms in total. The summed E-state index contributed by atoms with van der Waals surface area (Å²) in [5, 5.41) is 1.18. The Morgan fingerprint density at radius 1 is 0.939 bits per heavy atom. The number of rotatable bonds is 6. The Bertz CT molecular complexity index is 1380. The first-order chi connectivity index (χ1) is 16.0. The number of ether oxygens (including phenoxy) is 3. The van der Waals surface area contributed by atoms with E-state index in [1.165, 1.54) is 25.6 Å². The highest BCUT2D eigenvalue weighted by Crippen LogP contribution is 2.37. The lowest BCUT2D eigenvalue weighted by Gasteiger charge is -2.09. The number of carbonyl (C=O) groups is 2. The quantitative estimate of drug-likeness (QED) is 0.184. The molecule has 166 valence electrons. The van der Waals surface area contributed by atoms with E-state index in [0.29, 0.717) is 26.9 Å². The molecule has 0 spiro atoms. The van der Waals surface area contributed by atoms with Gasteiger partial charge >= 0.3 is 11.9 Å². The van der Waals surface area contributed by atoms with Crippen molar-refractivity contribution in [2.24, 2.45) is 4.99 Å². The van der Waals surface area contributed by atoms with Gasteiger partial charge < -0.3 is 14.2 Å². The topological polar surface area (TPSA) is 74.2 Å². The Morgan fingerprint density at radius 3 is 2.52 bits per heavy atom. The second-order valence-electron chi connectivity index (χ2n) is 6.84. The summed E-state index contributed by atoms with van der Waals surface area (Å²) < 4.78 is 16.6. The monoisotopic (exact) mass is 479 g/mol. The molecule has 3 aromatic carbocycles. The van der Waals surface area contributed by atoms with Crippen LogP contribution in [0.5, 0.6) is 11.5 Å². The molecule has 0 aliphatic rings. The Morgan fingerprint density at radius 2 is 1.76 bits per heavy atom. The highest BCUT2D eigenvalue weighted by molar-refractivity contribution is 7.21. The van der Waals surface area contributed by atoms with Gasteiger partial charge in [-0.15, -0.1) is 11.3 Å². The zero-order chi connectivity index (χ0) is 23.4. The highest BCUT2D eigenvalue weighted by Gasteiger charge is 2.20. The van der Waals surface area contributed by atoms with E-state index in [1.54, 1.807) is 48.7 Å². The van der Waals surface area contributed by atoms with Gasteiger partial charge in [-0.1, -0.05) is 35.9 Å². The van der Waals surface area contributed by atoms with Crippen molar-refractivity contribution in [1.82, 2.24) is 0 Å². The molecule has 1 aromatic heterocycles. The zero-order valence-corrected chi connectivity index (χ0v) is 19.3. The molecule has 33 heavy (non-hydrogen) atoms. The summed E-state index contributed by atoms with van der Waals surface area (Å²) in [4.78, 5) is 29.2. The molecule has 0 bridgehead atoms. The van der Waals surface area contributed by atoms with Gasteiger partial charge in [0.05, 0.1) is 30.5 Å². The fourth-order valence-corrected chi connectivity index (χ4v) is 4.51. The zero-order valence-electron chi connectivity index (χ0n) is 17.7. The van der Waals surface area contributed by atoms with Gasteiger partial charge in [-0.3, -0.25) is 4.99 Å². The minimum atomic E-state index is -0.555. The Kier molecular flexibility index (Phi) is 6.72. The van der Waals surface area contributed by atoms with Gasteiger partial charge in [-0.05, 0) is 48.0 Å². The molecule has 4 aromatic rings. The van der Waals surface area contributed by atoms with E-state index < -0.39 is 11.9 Å². The molecule has 8 heteroatoms. The van der Waals surface area contributed by atoms with Crippen molar-refractivity contribution in [2.75, 3.05) is 14.2 Å². The normalized spacial score (nSPS) is 11.0. The Balaban J connectivity index is 1.54. The molecular formula is C25H18ClNO5S. The maximum atomic E-state index is 12.8. The smallest absolute Gasteiger partial charge is 0.355 e. The summed E-state index contributed by atoms with van der Waals surface area (Å²) in [7, 11) is 2.81. The number of carbonyl (C=O) groups excluding carboxylic acids is 2. The van der Waals surface area contributed by atoms with E-state index in [2.05, 4.69) is 4.99 Å². The highest BCUT2D eigenvalue weighted by atomic mass is 35.5. The average Bonchev–Trinajstić information content (AvgIpc) is 3.19. The third-order valence-electron chi connectivity index (χ3n) is 4.74. The molecule has 0 amide bonds. The van der Waals surface area contributed by atoms with E-state index in [-0.39, 0.29) is 5.75 Å². The molecule has 1 heterocycles. The minimum absolute atomic E-state index is 0.265. The molecule has 0 saturated carbocycles. The standard InChI is InChI=1S/C25H18ClNO5S/c1-30-20-12-15(14-27-17-7-5-6-16(13-17)24(28)31-2)10-11-19(20)32-25(29)23-22(26)18-8-3-4-9-21(18)33-23/h3-14H,1-2H3. The number of thiophene rings is 1. The molecule has 0 radical (unpaired) electrons. The second kappa shape index (κ2) is 9.85. The molecule has 0 fully saturated rings. The third kappa shape index (κ3) is 4.89. The molecule has 0 aliphatic carbocycles. The van der Waals surface area contributed by atoms with E-state index in [1.807, 2.05) is 24.3 Å². The van der Waals surface area contributed by atoms with Crippen LogP contribution in [-0.2, 0) is 4.74 Å². The van der Waals surface area contributed by atoms with Gasteiger partial charge in [0.2, 0.25) is 0 Å². The van der Waals surface area contributed by atoms with E-state index in [0.717, 1.165) is 15.6 Å². The van der Waals surface area contributed by atoms with Crippen molar-refractivity contribution in [3.05, 3.63) is 87.8 Å². The number of aliphatic imine (C=N–C) groups is 1. The van der Waals surface area contributed by atoms with Crippen molar-refractivity contribution in [1.29, 1.82) is 0 Å². The van der Waals surface area contributed by atoms with Crippen LogP contribution in [0.15, 0.2) is 71.7 Å². The van der Waals surface area contributed by atoms with Gasteiger partial charge in [-0.2, -0.15) is 0 Å². The van der Waals surface area contributed by atoms with Crippen molar-refractivity contribution in [3.63, 3.8) is 0 Å². The number of esters is 2. The Hall–Kier alpha value is -3.68. The summed E-state index contributed by atoms with van der Waals surface area (Å²) >= 11 is 7.67. The van der Waals surface area contributed by atoms with Crippen molar-refractivity contribution < 1.29 is 23.8 Å². The third-order valence-corrected chi connectivity index (χ3v) is 6.40. The predicted octanol–water partition coefficient (Wildman–Crippen LogP) is 6.32. The summed E-state index contributed by atoms with van der Waals surface area (Å²) in [5.41, 5.74) is 1.72. The Labute approximate surface area is 199 Å². The fraction of sp³-hybridized carbons (Fsp3) is 0.0800. The molecule has 4 rings (SSSR count). The van der Waals surface area contributed by atoms with Crippen LogP contribution in [0.3, 0.4) is 0 Å². The number of benzene rings is 3. The first kappa shape index (κ1) is 22.5. The second-order valence-corrected chi connectivity index (χ2v) is 8.27.